The molecule has 1 saturated carbocycles. The van der Waals surface area contributed by atoms with Gasteiger partial charge in [-0.1, -0.05) is 25.0 Å². The van der Waals surface area contributed by atoms with Crippen molar-refractivity contribution in [2.45, 2.75) is 31.4 Å². The van der Waals surface area contributed by atoms with E-state index in [1.165, 1.54) is 31.9 Å². The Morgan fingerprint density at radius 2 is 1.70 bits per heavy atom. The van der Waals surface area contributed by atoms with Gasteiger partial charge in [0.2, 0.25) is 0 Å². The Labute approximate surface area is 161 Å². The van der Waals surface area contributed by atoms with Gasteiger partial charge in [0.1, 0.15) is 0 Å². The topological polar surface area (TPSA) is 75.3 Å². The number of nitrogens with one attached hydrogen (secondary N) is 2. The summed E-state index contributed by atoms with van der Waals surface area (Å²) in [5.41, 5.74) is 2.81. The number of carbonyl (C=O) groups excluding carboxylic acids is 1. The number of amides is 1. The number of hydrogen-bond donors (Lipinski definition) is 2. The van der Waals surface area contributed by atoms with Gasteiger partial charge in [0.05, 0.1) is 5.75 Å². The maximum atomic E-state index is 12.4. The van der Waals surface area contributed by atoms with Crippen molar-refractivity contribution < 1.29 is 13.2 Å². The summed E-state index contributed by atoms with van der Waals surface area (Å²) in [6.07, 6.45) is 6.46. The lowest BCUT2D eigenvalue weighted by Gasteiger charge is -2.12. The summed E-state index contributed by atoms with van der Waals surface area (Å²) in [6, 6.07) is 14.4. The summed E-state index contributed by atoms with van der Waals surface area (Å²) in [5, 5.41) is 6.31. The third-order valence-corrected chi connectivity index (χ3v) is 5.69. The zero-order valence-corrected chi connectivity index (χ0v) is 16.4. The monoisotopic (exact) mass is 386 g/mol. The molecule has 3 rings (SSSR count). The SMILES string of the molecule is CS(=O)(=O)Cc1cccc(C(=O)Nc2ccc(NCC3CCCC3)cc2)c1. The van der Waals surface area contributed by atoms with Crippen LogP contribution in [0.1, 0.15) is 41.6 Å². The average Bonchev–Trinajstić information content (AvgIpc) is 3.13. The normalized spacial score (nSPS) is 14.9. The van der Waals surface area contributed by atoms with Gasteiger partial charge >= 0.3 is 0 Å². The Morgan fingerprint density at radius 1 is 1.04 bits per heavy atom. The van der Waals surface area contributed by atoms with E-state index in [2.05, 4.69) is 10.6 Å². The zero-order valence-electron chi connectivity index (χ0n) is 15.6. The van der Waals surface area contributed by atoms with Crippen molar-refractivity contribution in [2.24, 2.45) is 5.92 Å². The quantitative estimate of drug-likeness (QED) is 0.752. The molecule has 2 aromatic rings. The summed E-state index contributed by atoms with van der Waals surface area (Å²) < 4.78 is 22.9. The van der Waals surface area contributed by atoms with Crippen molar-refractivity contribution in [2.75, 3.05) is 23.4 Å². The van der Waals surface area contributed by atoms with Crippen molar-refractivity contribution in [1.29, 1.82) is 0 Å². The second-order valence-corrected chi connectivity index (χ2v) is 9.47. The molecule has 27 heavy (non-hydrogen) atoms. The van der Waals surface area contributed by atoms with E-state index in [-0.39, 0.29) is 11.7 Å². The fraction of sp³-hybridized carbons (Fsp3) is 0.381. The van der Waals surface area contributed by atoms with Gasteiger partial charge in [-0.15, -0.1) is 0 Å². The molecule has 0 aromatic heterocycles. The number of rotatable bonds is 7. The minimum Gasteiger partial charge on any atom is -0.385 e. The highest BCUT2D eigenvalue weighted by Crippen LogP contribution is 2.25. The van der Waals surface area contributed by atoms with E-state index in [0.29, 0.717) is 16.8 Å². The molecule has 1 aliphatic rings. The molecule has 0 atom stereocenters. The molecule has 1 amide bonds. The molecule has 0 bridgehead atoms. The maximum Gasteiger partial charge on any atom is 0.255 e. The second-order valence-electron chi connectivity index (χ2n) is 7.33. The molecule has 0 saturated heterocycles. The van der Waals surface area contributed by atoms with Crippen molar-refractivity contribution >= 4 is 27.1 Å². The molecule has 1 aliphatic carbocycles. The van der Waals surface area contributed by atoms with Crippen LogP contribution in [0.3, 0.4) is 0 Å². The van der Waals surface area contributed by atoms with Crippen LogP contribution in [0.15, 0.2) is 48.5 Å². The highest BCUT2D eigenvalue weighted by Gasteiger charge is 2.14. The highest BCUT2D eigenvalue weighted by atomic mass is 32.2. The number of anilines is 2. The van der Waals surface area contributed by atoms with Crippen molar-refractivity contribution in [1.82, 2.24) is 0 Å². The third-order valence-electron chi connectivity index (χ3n) is 4.83. The van der Waals surface area contributed by atoms with Gasteiger partial charge in [-0.3, -0.25) is 4.79 Å². The molecule has 5 nitrogen and oxygen atoms in total. The lowest BCUT2D eigenvalue weighted by Crippen LogP contribution is -2.13. The Morgan fingerprint density at radius 3 is 2.37 bits per heavy atom. The molecule has 1 fully saturated rings. The van der Waals surface area contributed by atoms with Crippen LogP contribution in [0.5, 0.6) is 0 Å². The van der Waals surface area contributed by atoms with Crippen LogP contribution in [-0.2, 0) is 15.6 Å². The molecule has 144 valence electrons. The average molecular weight is 387 g/mol. The first-order valence-electron chi connectivity index (χ1n) is 9.31. The Balaban J connectivity index is 1.58. The van der Waals surface area contributed by atoms with Crippen LogP contribution in [0.4, 0.5) is 11.4 Å². The van der Waals surface area contributed by atoms with Crippen LogP contribution < -0.4 is 10.6 Å². The first-order valence-corrected chi connectivity index (χ1v) is 11.4. The van der Waals surface area contributed by atoms with Crippen LogP contribution in [0, 0.1) is 5.92 Å². The second kappa shape index (κ2) is 8.57. The van der Waals surface area contributed by atoms with Crippen LogP contribution in [0.25, 0.3) is 0 Å². The predicted octanol–water partition coefficient (Wildman–Crippen LogP) is 4.09. The molecule has 2 aromatic carbocycles. The van der Waals surface area contributed by atoms with Gasteiger partial charge < -0.3 is 10.6 Å². The molecular formula is C21H26N2O3S. The summed E-state index contributed by atoms with van der Waals surface area (Å²) in [7, 11) is -3.13. The van der Waals surface area contributed by atoms with E-state index >= 15 is 0 Å². The summed E-state index contributed by atoms with van der Waals surface area (Å²) in [6.45, 7) is 0.999. The molecule has 2 N–H and O–H groups in total. The number of sulfone groups is 1. The summed E-state index contributed by atoms with van der Waals surface area (Å²) >= 11 is 0. The van der Waals surface area contributed by atoms with Gasteiger partial charge in [-0.2, -0.15) is 0 Å². The minimum atomic E-state index is -3.13. The Bertz CT molecular complexity index is 886. The van der Waals surface area contributed by atoms with E-state index in [4.69, 9.17) is 0 Å². The van der Waals surface area contributed by atoms with Crippen molar-refractivity contribution in [3.63, 3.8) is 0 Å². The maximum absolute atomic E-state index is 12.4. The van der Waals surface area contributed by atoms with Gasteiger partial charge in [0.25, 0.3) is 5.91 Å². The van der Waals surface area contributed by atoms with E-state index < -0.39 is 9.84 Å². The number of hydrogen-bond acceptors (Lipinski definition) is 4. The molecule has 0 spiro atoms. The van der Waals surface area contributed by atoms with E-state index in [9.17, 15) is 13.2 Å². The van der Waals surface area contributed by atoms with E-state index in [0.717, 1.165) is 18.2 Å². The van der Waals surface area contributed by atoms with Crippen LogP contribution >= 0.6 is 0 Å². The van der Waals surface area contributed by atoms with Crippen LogP contribution in [-0.4, -0.2) is 27.1 Å². The van der Waals surface area contributed by atoms with Crippen molar-refractivity contribution in [3.8, 4) is 0 Å². The first kappa shape index (κ1) is 19.4. The Kier molecular flexibility index (Phi) is 6.16. The van der Waals surface area contributed by atoms with Gasteiger partial charge in [0.15, 0.2) is 9.84 Å². The largest absolute Gasteiger partial charge is 0.385 e. The summed E-state index contributed by atoms with van der Waals surface area (Å²) in [5.74, 6) is 0.441. The lowest BCUT2D eigenvalue weighted by molar-refractivity contribution is 0.102. The molecule has 0 radical (unpaired) electrons. The molecule has 0 heterocycles. The van der Waals surface area contributed by atoms with Crippen molar-refractivity contribution in [3.05, 3.63) is 59.7 Å². The third kappa shape index (κ3) is 6.10. The fourth-order valence-electron chi connectivity index (χ4n) is 3.46. The Hall–Kier alpha value is -2.34. The standard InChI is InChI=1S/C21H26N2O3S/c1-27(25,26)15-17-7-4-8-18(13-17)21(24)23-20-11-9-19(10-12-20)22-14-16-5-2-3-6-16/h4,7-13,16,22H,2-3,5-6,14-15H2,1H3,(H,23,24). The lowest BCUT2D eigenvalue weighted by atomic mass is 10.1. The van der Waals surface area contributed by atoms with E-state index in [1.54, 1.807) is 24.3 Å². The number of carbonyl (C=O) groups is 1. The number of benzene rings is 2. The van der Waals surface area contributed by atoms with Gasteiger partial charge in [0, 0.05) is 29.7 Å². The highest BCUT2D eigenvalue weighted by molar-refractivity contribution is 7.89. The zero-order chi connectivity index (χ0) is 19.3. The summed E-state index contributed by atoms with van der Waals surface area (Å²) in [4.78, 5) is 12.4. The molecular weight excluding hydrogens is 360 g/mol. The first-order chi connectivity index (χ1) is 12.9. The van der Waals surface area contributed by atoms with E-state index in [1.807, 2.05) is 24.3 Å². The molecule has 0 aliphatic heterocycles. The molecule has 6 heteroatoms. The minimum absolute atomic E-state index is 0.0739. The predicted molar refractivity (Wildman–Crippen MR) is 110 cm³/mol. The smallest absolute Gasteiger partial charge is 0.255 e. The van der Waals surface area contributed by atoms with Gasteiger partial charge in [-0.25, -0.2) is 8.42 Å². The van der Waals surface area contributed by atoms with Crippen LogP contribution in [0.2, 0.25) is 0 Å². The fourth-order valence-corrected chi connectivity index (χ4v) is 4.24. The molecule has 0 unspecified atom stereocenters. The van der Waals surface area contributed by atoms with Gasteiger partial charge in [-0.05, 0) is 60.7 Å².